The van der Waals surface area contributed by atoms with Crippen molar-refractivity contribution in [1.82, 2.24) is 9.80 Å². The molecule has 0 aromatic heterocycles. The Kier molecular flexibility index (Phi) is 9.64. The molecule has 0 saturated carbocycles. The third-order valence-electron chi connectivity index (χ3n) is 3.69. The Labute approximate surface area is 144 Å². The van der Waals surface area contributed by atoms with Crippen molar-refractivity contribution in [2.45, 2.75) is 19.1 Å². The molecular formula is C15H25Cl2N3O2. The topological polar surface area (TPSA) is 69.8 Å². The molecule has 5 nitrogen and oxygen atoms in total. The second-order valence-corrected chi connectivity index (χ2v) is 5.34. The summed E-state index contributed by atoms with van der Waals surface area (Å²) < 4.78 is 0. The lowest BCUT2D eigenvalue weighted by atomic mass is 10.1. The Hall–Kier alpha value is -0.850. The van der Waals surface area contributed by atoms with E-state index in [1.807, 2.05) is 30.3 Å². The average Bonchev–Trinajstić information content (AvgIpc) is 2.48. The highest BCUT2D eigenvalue weighted by Crippen LogP contribution is 2.15. The van der Waals surface area contributed by atoms with Gasteiger partial charge in [-0.15, -0.1) is 24.8 Å². The number of β-amino-alcohol motifs (C(OH)–C–C–N with tert-alkyl or cyclic N) is 1. The Morgan fingerprint density at radius 3 is 2.23 bits per heavy atom. The summed E-state index contributed by atoms with van der Waals surface area (Å²) in [6.45, 7) is 5.24. The number of piperazine rings is 1. The predicted molar refractivity (Wildman–Crippen MR) is 92.6 cm³/mol. The van der Waals surface area contributed by atoms with Crippen molar-refractivity contribution < 1.29 is 9.90 Å². The van der Waals surface area contributed by atoms with Gasteiger partial charge in [-0.25, -0.2) is 0 Å². The highest BCUT2D eigenvalue weighted by atomic mass is 35.5. The molecule has 126 valence electrons. The minimum atomic E-state index is -0.480. The lowest BCUT2D eigenvalue weighted by Gasteiger charge is -2.36. The molecule has 1 fully saturated rings. The summed E-state index contributed by atoms with van der Waals surface area (Å²) in [5, 5.41) is 10.2. The quantitative estimate of drug-likeness (QED) is 0.852. The molecule has 0 spiro atoms. The number of carbonyl (C=O) groups excluding carboxylic acids is 1. The number of hydrogen-bond acceptors (Lipinski definition) is 4. The summed E-state index contributed by atoms with van der Waals surface area (Å²) in [5.41, 5.74) is 6.55. The fourth-order valence-electron chi connectivity index (χ4n) is 2.46. The highest BCUT2D eigenvalue weighted by molar-refractivity contribution is 5.85. The van der Waals surface area contributed by atoms with Crippen LogP contribution in [-0.2, 0) is 4.79 Å². The van der Waals surface area contributed by atoms with E-state index in [1.165, 1.54) is 0 Å². The summed E-state index contributed by atoms with van der Waals surface area (Å²) in [6, 6.07) is 9.22. The third kappa shape index (κ3) is 5.74. The lowest BCUT2D eigenvalue weighted by Crippen LogP contribution is -2.53. The number of halogens is 2. The second kappa shape index (κ2) is 10.0. The van der Waals surface area contributed by atoms with E-state index in [0.29, 0.717) is 19.6 Å². The van der Waals surface area contributed by atoms with E-state index in [-0.39, 0.29) is 30.7 Å². The molecule has 1 aliphatic rings. The molecule has 1 aliphatic heterocycles. The van der Waals surface area contributed by atoms with Crippen molar-refractivity contribution in [1.29, 1.82) is 0 Å². The van der Waals surface area contributed by atoms with Crippen molar-refractivity contribution in [2.24, 2.45) is 5.73 Å². The van der Waals surface area contributed by atoms with Crippen molar-refractivity contribution in [2.75, 3.05) is 32.7 Å². The molecule has 2 rings (SSSR count). The Morgan fingerprint density at radius 2 is 1.73 bits per heavy atom. The summed E-state index contributed by atoms with van der Waals surface area (Å²) in [6.07, 6.45) is -0.480. The minimum Gasteiger partial charge on any atom is -0.387 e. The standard InChI is InChI=1S/C15H23N3O2.2ClH/c1-12(16)15(20)18-9-7-17(8-10-18)11-14(19)13-5-3-2-4-6-13;;/h2-6,12,14,19H,7-11,16H2,1H3;2*1H/t12-,14?;;/m1../s1. The third-order valence-corrected chi connectivity index (χ3v) is 3.69. The number of aliphatic hydroxyl groups is 1. The van der Waals surface area contributed by atoms with E-state index in [1.54, 1.807) is 11.8 Å². The van der Waals surface area contributed by atoms with Crippen LogP contribution >= 0.6 is 24.8 Å². The predicted octanol–water partition coefficient (Wildman–Crippen LogP) is 1.06. The van der Waals surface area contributed by atoms with Crippen LogP contribution in [0.3, 0.4) is 0 Å². The van der Waals surface area contributed by atoms with E-state index >= 15 is 0 Å². The first kappa shape index (κ1) is 21.1. The molecular weight excluding hydrogens is 325 g/mol. The zero-order chi connectivity index (χ0) is 14.5. The smallest absolute Gasteiger partial charge is 0.239 e. The van der Waals surface area contributed by atoms with E-state index in [2.05, 4.69) is 4.90 Å². The van der Waals surface area contributed by atoms with Gasteiger partial charge in [0.05, 0.1) is 12.1 Å². The van der Waals surface area contributed by atoms with Crippen molar-refractivity contribution in [3.8, 4) is 0 Å². The number of nitrogens with zero attached hydrogens (tertiary/aromatic N) is 2. The van der Waals surface area contributed by atoms with Crippen LogP contribution in [0.15, 0.2) is 30.3 Å². The number of hydrogen-bond donors (Lipinski definition) is 2. The first-order chi connectivity index (χ1) is 9.58. The van der Waals surface area contributed by atoms with Crippen molar-refractivity contribution in [3.05, 3.63) is 35.9 Å². The Bertz CT molecular complexity index is 438. The maximum atomic E-state index is 11.8. The molecule has 1 aromatic carbocycles. The largest absolute Gasteiger partial charge is 0.387 e. The summed E-state index contributed by atoms with van der Waals surface area (Å²) in [7, 11) is 0. The van der Waals surface area contributed by atoms with Gasteiger partial charge in [-0.3, -0.25) is 9.69 Å². The fourth-order valence-corrected chi connectivity index (χ4v) is 2.46. The Morgan fingerprint density at radius 1 is 1.18 bits per heavy atom. The molecule has 7 heteroatoms. The van der Waals surface area contributed by atoms with Gasteiger partial charge in [0.15, 0.2) is 0 Å². The van der Waals surface area contributed by atoms with Crippen molar-refractivity contribution in [3.63, 3.8) is 0 Å². The van der Waals surface area contributed by atoms with Gasteiger partial charge in [-0.2, -0.15) is 0 Å². The van der Waals surface area contributed by atoms with Gasteiger partial charge in [0.1, 0.15) is 0 Å². The van der Waals surface area contributed by atoms with Gasteiger partial charge in [0.2, 0.25) is 5.91 Å². The molecule has 0 bridgehead atoms. The SMILES string of the molecule is C[C@@H](N)C(=O)N1CCN(CC(O)c2ccccc2)CC1.Cl.Cl. The number of amides is 1. The summed E-state index contributed by atoms with van der Waals surface area (Å²) >= 11 is 0. The average molecular weight is 350 g/mol. The minimum absolute atomic E-state index is 0. The number of benzene rings is 1. The van der Waals surface area contributed by atoms with Crippen LogP contribution in [0.5, 0.6) is 0 Å². The summed E-state index contributed by atoms with van der Waals surface area (Å²) in [5.74, 6) is 0.00765. The van der Waals surface area contributed by atoms with Crippen LogP contribution < -0.4 is 5.73 Å². The Balaban J connectivity index is 0.00000220. The van der Waals surface area contributed by atoms with Crippen LogP contribution in [0.25, 0.3) is 0 Å². The van der Waals surface area contributed by atoms with Crippen LogP contribution in [-0.4, -0.2) is 59.6 Å². The van der Waals surface area contributed by atoms with E-state index < -0.39 is 12.1 Å². The lowest BCUT2D eigenvalue weighted by molar-refractivity contribution is -0.134. The number of aliphatic hydroxyl groups excluding tert-OH is 1. The number of carbonyl (C=O) groups is 1. The zero-order valence-corrected chi connectivity index (χ0v) is 14.4. The molecule has 0 aliphatic carbocycles. The van der Waals surface area contributed by atoms with Crippen LogP contribution in [0, 0.1) is 0 Å². The summed E-state index contributed by atoms with van der Waals surface area (Å²) in [4.78, 5) is 15.8. The molecule has 1 unspecified atom stereocenters. The van der Waals surface area contributed by atoms with E-state index in [4.69, 9.17) is 5.73 Å². The first-order valence-corrected chi connectivity index (χ1v) is 7.07. The normalized spacial score (nSPS) is 17.9. The molecule has 22 heavy (non-hydrogen) atoms. The maximum Gasteiger partial charge on any atom is 0.239 e. The van der Waals surface area contributed by atoms with Gasteiger partial charge < -0.3 is 15.7 Å². The van der Waals surface area contributed by atoms with E-state index in [9.17, 15) is 9.90 Å². The van der Waals surface area contributed by atoms with Gasteiger partial charge in [0.25, 0.3) is 0 Å². The molecule has 1 amide bonds. The second-order valence-electron chi connectivity index (χ2n) is 5.34. The molecule has 0 radical (unpaired) electrons. The molecule has 1 aromatic rings. The molecule has 2 atom stereocenters. The monoisotopic (exact) mass is 349 g/mol. The van der Waals surface area contributed by atoms with Crippen LogP contribution in [0.1, 0.15) is 18.6 Å². The van der Waals surface area contributed by atoms with Gasteiger partial charge >= 0.3 is 0 Å². The maximum absolute atomic E-state index is 11.8. The first-order valence-electron chi connectivity index (χ1n) is 7.07. The number of rotatable bonds is 4. The van der Waals surface area contributed by atoms with Gasteiger partial charge in [0, 0.05) is 32.7 Å². The highest BCUT2D eigenvalue weighted by Gasteiger charge is 2.24. The molecule has 1 saturated heterocycles. The van der Waals surface area contributed by atoms with Gasteiger partial charge in [-0.05, 0) is 12.5 Å². The zero-order valence-electron chi connectivity index (χ0n) is 12.7. The molecule has 1 heterocycles. The van der Waals surface area contributed by atoms with Gasteiger partial charge in [-0.1, -0.05) is 30.3 Å². The van der Waals surface area contributed by atoms with Crippen LogP contribution in [0.2, 0.25) is 0 Å². The fraction of sp³-hybridized carbons (Fsp3) is 0.533. The molecule has 3 N–H and O–H groups in total. The number of nitrogens with two attached hydrogens (primary N) is 1. The van der Waals surface area contributed by atoms with Crippen molar-refractivity contribution >= 4 is 30.7 Å². The van der Waals surface area contributed by atoms with Crippen LogP contribution in [0.4, 0.5) is 0 Å². The van der Waals surface area contributed by atoms with E-state index in [0.717, 1.165) is 18.7 Å².